The van der Waals surface area contributed by atoms with Crippen molar-refractivity contribution in [2.24, 2.45) is 23.7 Å². The third-order valence-electron chi connectivity index (χ3n) is 6.59. The summed E-state index contributed by atoms with van der Waals surface area (Å²) in [5, 5.41) is 0. The van der Waals surface area contributed by atoms with Gasteiger partial charge in [-0.15, -0.1) is 0 Å². The van der Waals surface area contributed by atoms with E-state index in [0.717, 1.165) is 36.1 Å². The molecule has 0 spiro atoms. The molecule has 2 aromatic carbocycles. The third kappa shape index (κ3) is 2.50. The maximum atomic E-state index is 12.9. The van der Waals surface area contributed by atoms with Crippen molar-refractivity contribution in [1.82, 2.24) is 0 Å². The lowest BCUT2D eigenvalue weighted by molar-refractivity contribution is -0.123. The first kappa shape index (κ1) is 16.5. The summed E-state index contributed by atoms with van der Waals surface area (Å²) in [6.07, 6.45) is 3.26. The molecule has 27 heavy (non-hydrogen) atoms. The van der Waals surface area contributed by atoms with Crippen LogP contribution < -0.4 is 9.64 Å². The summed E-state index contributed by atoms with van der Waals surface area (Å²) in [5.41, 5.74) is 2.87. The summed E-state index contributed by atoms with van der Waals surface area (Å²) in [6, 6.07) is 13.4. The first-order chi connectivity index (χ1) is 13.0. The van der Waals surface area contributed by atoms with E-state index in [1.165, 1.54) is 4.90 Å². The highest BCUT2D eigenvalue weighted by atomic mass is 16.5. The minimum atomic E-state index is -0.0814. The minimum absolute atomic E-state index is 0.000368. The van der Waals surface area contributed by atoms with Gasteiger partial charge < -0.3 is 4.74 Å². The van der Waals surface area contributed by atoms with Crippen LogP contribution in [0.5, 0.6) is 11.5 Å². The van der Waals surface area contributed by atoms with Crippen molar-refractivity contribution in [3.63, 3.8) is 0 Å². The summed E-state index contributed by atoms with van der Waals surface area (Å²) in [5.74, 6) is 2.18. The zero-order chi connectivity index (χ0) is 18.7. The standard InChI is InChI=1S/C23H23NO3/c1-13-3-4-14(2)19(11-13)27-18-9-7-17(8-10-18)24-22(25)20-15-5-6-16(12-15)21(20)23(24)26/h3-4,7-11,15-16,20-21H,5-6,12H2,1-2H3. The van der Waals surface area contributed by atoms with Gasteiger partial charge >= 0.3 is 0 Å². The number of hydrogen-bond acceptors (Lipinski definition) is 3. The van der Waals surface area contributed by atoms with E-state index < -0.39 is 0 Å². The molecule has 0 N–H and O–H groups in total. The number of imide groups is 1. The SMILES string of the molecule is Cc1ccc(C)c(Oc2ccc(N3C(=O)C4C5CCC(C5)C4C3=O)cc2)c1. The zero-order valence-electron chi connectivity index (χ0n) is 15.6. The van der Waals surface area contributed by atoms with Crippen LogP contribution in [0.25, 0.3) is 0 Å². The van der Waals surface area contributed by atoms with Gasteiger partial charge in [0, 0.05) is 0 Å². The Morgan fingerprint density at radius 3 is 2.15 bits per heavy atom. The number of nitrogens with zero attached hydrogens (tertiary/aromatic N) is 1. The van der Waals surface area contributed by atoms with Crippen LogP contribution in [-0.4, -0.2) is 11.8 Å². The summed E-state index contributed by atoms with van der Waals surface area (Å²) < 4.78 is 5.99. The van der Waals surface area contributed by atoms with Crippen molar-refractivity contribution in [3.05, 3.63) is 53.6 Å². The van der Waals surface area contributed by atoms with Gasteiger partial charge in [0.25, 0.3) is 0 Å². The van der Waals surface area contributed by atoms with Gasteiger partial charge in [-0.05, 0) is 86.4 Å². The molecule has 4 unspecified atom stereocenters. The van der Waals surface area contributed by atoms with E-state index in [1.54, 1.807) is 0 Å². The Hall–Kier alpha value is -2.62. The van der Waals surface area contributed by atoms with E-state index in [9.17, 15) is 9.59 Å². The van der Waals surface area contributed by atoms with E-state index in [-0.39, 0.29) is 23.7 Å². The fraction of sp³-hybridized carbons (Fsp3) is 0.391. The molecule has 1 saturated heterocycles. The van der Waals surface area contributed by atoms with Gasteiger partial charge in [0.1, 0.15) is 11.5 Å². The smallest absolute Gasteiger partial charge is 0.237 e. The van der Waals surface area contributed by atoms with Crippen LogP contribution in [0.4, 0.5) is 5.69 Å². The molecular weight excluding hydrogens is 338 g/mol. The van der Waals surface area contributed by atoms with E-state index in [1.807, 2.05) is 50.2 Å². The van der Waals surface area contributed by atoms with Crippen molar-refractivity contribution in [1.29, 1.82) is 0 Å². The molecule has 3 fully saturated rings. The molecule has 5 rings (SSSR count). The highest BCUT2D eigenvalue weighted by molar-refractivity contribution is 6.22. The van der Waals surface area contributed by atoms with E-state index >= 15 is 0 Å². The topological polar surface area (TPSA) is 46.6 Å². The van der Waals surface area contributed by atoms with Crippen LogP contribution in [0.15, 0.2) is 42.5 Å². The lowest BCUT2D eigenvalue weighted by Gasteiger charge is -2.19. The van der Waals surface area contributed by atoms with Gasteiger partial charge in [0.05, 0.1) is 17.5 Å². The van der Waals surface area contributed by atoms with E-state index in [4.69, 9.17) is 4.74 Å². The lowest BCUT2D eigenvalue weighted by Crippen LogP contribution is -2.32. The summed E-state index contributed by atoms with van der Waals surface area (Å²) in [6.45, 7) is 4.04. The minimum Gasteiger partial charge on any atom is -0.457 e. The number of rotatable bonds is 3. The fourth-order valence-corrected chi connectivity index (χ4v) is 5.27. The van der Waals surface area contributed by atoms with E-state index in [0.29, 0.717) is 23.3 Å². The molecule has 138 valence electrons. The lowest BCUT2D eigenvalue weighted by atomic mass is 9.81. The molecule has 2 amide bonds. The molecule has 2 bridgehead atoms. The number of benzene rings is 2. The summed E-state index contributed by atoms with van der Waals surface area (Å²) in [4.78, 5) is 27.3. The molecule has 0 radical (unpaired) electrons. The molecule has 4 nitrogen and oxygen atoms in total. The predicted octanol–water partition coefficient (Wildman–Crippen LogP) is 4.63. The average Bonchev–Trinajstić information content (AvgIpc) is 3.33. The molecule has 1 aliphatic heterocycles. The zero-order valence-corrected chi connectivity index (χ0v) is 15.6. The predicted molar refractivity (Wildman–Crippen MR) is 103 cm³/mol. The van der Waals surface area contributed by atoms with Crippen LogP contribution in [0, 0.1) is 37.5 Å². The third-order valence-corrected chi connectivity index (χ3v) is 6.59. The summed E-state index contributed by atoms with van der Waals surface area (Å²) in [7, 11) is 0. The highest BCUT2D eigenvalue weighted by Crippen LogP contribution is 2.56. The van der Waals surface area contributed by atoms with Gasteiger partial charge in [-0.3, -0.25) is 14.5 Å². The first-order valence-electron chi connectivity index (χ1n) is 9.76. The molecule has 0 aromatic heterocycles. The number of carbonyl (C=O) groups excluding carboxylic acids is 2. The number of hydrogen-bond donors (Lipinski definition) is 0. The maximum Gasteiger partial charge on any atom is 0.237 e. The van der Waals surface area contributed by atoms with Crippen molar-refractivity contribution >= 4 is 17.5 Å². The molecule has 4 heteroatoms. The van der Waals surface area contributed by atoms with Crippen LogP contribution in [0.2, 0.25) is 0 Å². The second kappa shape index (κ2) is 5.95. The average molecular weight is 361 g/mol. The largest absolute Gasteiger partial charge is 0.457 e. The van der Waals surface area contributed by atoms with Gasteiger partial charge in [-0.2, -0.15) is 0 Å². The van der Waals surface area contributed by atoms with Crippen molar-refractivity contribution in [2.75, 3.05) is 4.90 Å². The normalized spacial score (nSPS) is 28.7. The maximum absolute atomic E-state index is 12.9. The molecule has 2 saturated carbocycles. The van der Waals surface area contributed by atoms with Crippen LogP contribution in [0.3, 0.4) is 0 Å². The highest BCUT2D eigenvalue weighted by Gasteiger charge is 2.61. The fourth-order valence-electron chi connectivity index (χ4n) is 5.27. The molecular formula is C23H23NO3. The quantitative estimate of drug-likeness (QED) is 0.749. The second-order valence-electron chi connectivity index (χ2n) is 8.26. The van der Waals surface area contributed by atoms with Crippen molar-refractivity contribution in [2.45, 2.75) is 33.1 Å². The molecule has 2 aromatic rings. The number of carbonyl (C=O) groups is 2. The number of fused-ring (bicyclic) bond motifs is 5. The van der Waals surface area contributed by atoms with Gasteiger partial charge in [0.2, 0.25) is 11.8 Å². The van der Waals surface area contributed by atoms with Crippen LogP contribution in [-0.2, 0) is 9.59 Å². The molecule has 1 heterocycles. The number of ether oxygens (including phenoxy) is 1. The number of aryl methyl sites for hydroxylation is 2. The van der Waals surface area contributed by atoms with Gasteiger partial charge in [-0.1, -0.05) is 12.1 Å². The number of anilines is 1. The first-order valence-corrected chi connectivity index (χ1v) is 9.76. The molecule has 4 atom stereocenters. The van der Waals surface area contributed by atoms with Gasteiger partial charge in [0.15, 0.2) is 0 Å². The molecule has 3 aliphatic rings. The monoisotopic (exact) mass is 361 g/mol. The Morgan fingerprint density at radius 2 is 1.52 bits per heavy atom. The van der Waals surface area contributed by atoms with Crippen LogP contribution >= 0.6 is 0 Å². The number of amides is 2. The van der Waals surface area contributed by atoms with Crippen LogP contribution in [0.1, 0.15) is 30.4 Å². The Kier molecular flexibility index (Phi) is 3.64. The Morgan fingerprint density at radius 1 is 0.889 bits per heavy atom. The van der Waals surface area contributed by atoms with E-state index in [2.05, 4.69) is 6.07 Å². The summed E-state index contributed by atoms with van der Waals surface area (Å²) >= 11 is 0. The second-order valence-corrected chi connectivity index (χ2v) is 8.26. The van der Waals surface area contributed by atoms with Crippen molar-refractivity contribution in [3.8, 4) is 11.5 Å². The Balaban J connectivity index is 1.39. The molecule has 2 aliphatic carbocycles. The Labute approximate surface area is 159 Å². The Bertz CT molecular complexity index is 905. The van der Waals surface area contributed by atoms with Gasteiger partial charge in [-0.25, -0.2) is 0 Å². The van der Waals surface area contributed by atoms with Crippen molar-refractivity contribution < 1.29 is 14.3 Å².